The first-order valence-electron chi connectivity index (χ1n) is 6.55. The molecule has 102 valence electrons. The van der Waals surface area contributed by atoms with E-state index in [1.807, 2.05) is 19.1 Å². The molecule has 1 aromatic carbocycles. The Labute approximate surface area is 115 Å². The summed E-state index contributed by atoms with van der Waals surface area (Å²) in [5.41, 5.74) is 1.05. The molecular weight excluding hydrogens is 258 g/mol. The van der Waals surface area contributed by atoms with Crippen LogP contribution < -0.4 is 4.72 Å². The predicted octanol–water partition coefficient (Wildman–Crippen LogP) is 2.47. The minimum atomic E-state index is -3.43. The van der Waals surface area contributed by atoms with E-state index in [2.05, 4.69) is 10.6 Å². The average Bonchev–Trinajstić information content (AvgIpc) is 2.77. The quantitative estimate of drug-likeness (QED) is 0.859. The second kappa shape index (κ2) is 5.77. The van der Waals surface area contributed by atoms with E-state index < -0.39 is 10.0 Å². The Kier molecular flexibility index (Phi) is 4.28. The molecule has 0 saturated heterocycles. The molecule has 1 fully saturated rings. The van der Waals surface area contributed by atoms with Gasteiger partial charge in [-0.2, -0.15) is 0 Å². The molecule has 4 heteroatoms. The normalized spacial score (nSPS) is 23.2. The standard InChI is InChI=1S/C15H19NO2S/c1-3-5-13-6-4-7-15(13)16-19(17,18)14-10-8-12(2)9-11-14/h1,8-11,13,15-16H,4-7H2,2H3/t13-,15+/m1/s1. The van der Waals surface area contributed by atoms with Crippen LogP contribution in [0.4, 0.5) is 0 Å². The Bertz CT molecular complexity index is 569. The van der Waals surface area contributed by atoms with Crippen LogP contribution in [-0.4, -0.2) is 14.5 Å². The van der Waals surface area contributed by atoms with E-state index in [4.69, 9.17) is 6.42 Å². The first-order valence-corrected chi connectivity index (χ1v) is 8.04. The molecule has 0 heterocycles. The molecule has 1 saturated carbocycles. The lowest BCUT2D eigenvalue weighted by Gasteiger charge is -2.19. The van der Waals surface area contributed by atoms with Crippen LogP contribution in [-0.2, 0) is 10.0 Å². The number of hydrogen-bond donors (Lipinski definition) is 1. The zero-order chi connectivity index (χ0) is 13.9. The Morgan fingerprint density at radius 1 is 1.32 bits per heavy atom. The largest absolute Gasteiger partial charge is 0.240 e. The van der Waals surface area contributed by atoms with Crippen molar-refractivity contribution in [1.82, 2.24) is 4.72 Å². The van der Waals surface area contributed by atoms with Gasteiger partial charge in [0.25, 0.3) is 0 Å². The van der Waals surface area contributed by atoms with Crippen molar-refractivity contribution in [2.45, 2.75) is 43.5 Å². The van der Waals surface area contributed by atoms with Gasteiger partial charge in [-0.05, 0) is 37.8 Å². The number of nitrogens with one attached hydrogen (secondary N) is 1. The van der Waals surface area contributed by atoms with Gasteiger partial charge in [-0.3, -0.25) is 0 Å². The van der Waals surface area contributed by atoms with Gasteiger partial charge < -0.3 is 0 Å². The summed E-state index contributed by atoms with van der Waals surface area (Å²) in [6.45, 7) is 1.93. The number of aryl methyl sites for hydroxylation is 1. The summed E-state index contributed by atoms with van der Waals surface area (Å²) < 4.78 is 27.4. The van der Waals surface area contributed by atoms with Crippen molar-refractivity contribution in [1.29, 1.82) is 0 Å². The van der Waals surface area contributed by atoms with E-state index >= 15 is 0 Å². The van der Waals surface area contributed by atoms with Gasteiger partial charge in [0, 0.05) is 12.5 Å². The molecule has 0 spiro atoms. The highest BCUT2D eigenvalue weighted by atomic mass is 32.2. The van der Waals surface area contributed by atoms with Gasteiger partial charge in [0.05, 0.1) is 4.90 Å². The summed E-state index contributed by atoms with van der Waals surface area (Å²) in [6, 6.07) is 6.87. The van der Waals surface area contributed by atoms with E-state index in [0.717, 1.165) is 24.8 Å². The van der Waals surface area contributed by atoms with Crippen molar-refractivity contribution in [3.8, 4) is 12.3 Å². The smallest absolute Gasteiger partial charge is 0.208 e. The molecule has 0 aromatic heterocycles. The van der Waals surface area contributed by atoms with Crippen LogP contribution in [0.5, 0.6) is 0 Å². The maximum absolute atomic E-state index is 12.3. The molecule has 1 aliphatic rings. The lowest BCUT2D eigenvalue weighted by Crippen LogP contribution is -2.37. The maximum Gasteiger partial charge on any atom is 0.240 e. The highest BCUT2D eigenvalue weighted by molar-refractivity contribution is 7.89. The van der Waals surface area contributed by atoms with Crippen LogP contribution in [0.3, 0.4) is 0 Å². The fourth-order valence-corrected chi connectivity index (χ4v) is 3.91. The van der Waals surface area contributed by atoms with Gasteiger partial charge in [-0.15, -0.1) is 12.3 Å². The second-order valence-corrected chi connectivity index (χ2v) is 6.85. The van der Waals surface area contributed by atoms with Gasteiger partial charge in [0.2, 0.25) is 10.0 Å². The molecule has 19 heavy (non-hydrogen) atoms. The van der Waals surface area contributed by atoms with Crippen molar-refractivity contribution in [3.63, 3.8) is 0 Å². The predicted molar refractivity (Wildman–Crippen MR) is 76.1 cm³/mol. The van der Waals surface area contributed by atoms with Crippen molar-refractivity contribution in [2.24, 2.45) is 5.92 Å². The maximum atomic E-state index is 12.3. The lowest BCUT2D eigenvalue weighted by molar-refractivity contribution is 0.453. The van der Waals surface area contributed by atoms with Gasteiger partial charge in [-0.25, -0.2) is 13.1 Å². The van der Waals surface area contributed by atoms with Crippen LogP contribution in [0.25, 0.3) is 0 Å². The molecule has 2 atom stereocenters. The second-order valence-electron chi connectivity index (χ2n) is 5.14. The molecule has 0 amide bonds. The minimum Gasteiger partial charge on any atom is -0.208 e. The molecule has 0 bridgehead atoms. The van der Waals surface area contributed by atoms with Crippen LogP contribution in [0.2, 0.25) is 0 Å². The first-order chi connectivity index (χ1) is 9.03. The zero-order valence-corrected chi connectivity index (χ0v) is 11.9. The van der Waals surface area contributed by atoms with Crippen LogP contribution in [0.15, 0.2) is 29.2 Å². The van der Waals surface area contributed by atoms with Gasteiger partial charge in [0.1, 0.15) is 0 Å². The highest BCUT2D eigenvalue weighted by Crippen LogP contribution is 2.29. The fraction of sp³-hybridized carbons (Fsp3) is 0.467. The SMILES string of the molecule is C#CC[C@@H]1CCC[C@@H]1NS(=O)(=O)c1ccc(C)cc1. The summed E-state index contributed by atoms with van der Waals surface area (Å²) in [5, 5.41) is 0. The van der Waals surface area contributed by atoms with Crippen molar-refractivity contribution in [3.05, 3.63) is 29.8 Å². The third-order valence-corrected chi connectivity index (χ3v) is 5.18. The molecule has 1 N–H and O–H groups in total. The van der Waals surface area contributed by atoms with Crippen molar-refractivity contribution in [2.75, 3.05) is 0 Å². The minimum absolute atomic E-state index is 0.0256. The Morgan fingerprint density at radius 2 is 2.00 bits per heavy atom. The van der Waals surface area contributed by atoms with Crippen molar-refractivity contribution >= 4 is 10.0 Å². The van der Waals surface area contributed by atoms with Gasteiger partial charge in [0.15, 0.2) is 0 Å². The van der Waals surface area contributed by atoms with E-state index in [1.165, 1.54) is 0 Å². The monoisotopic (exact) mass is 277 g/mol. The summed E-state index contributed by atoms with van der Waals surface area (Å²) in [6.07, 6.45) is 8.89. The summed E-state index contributed by atoms with van der Waals surface area (Å²) in [4.78, 5) is 0.324. The number of rotatable bonds is 4. The topological polar surface area (TPSA) is 46.2 Å². The molecular formula is C15H19NO2S. The van der Waals surface area contributed by atoms with E-state index in [-0.39, 0.29) is 12.0 Å². The number of benzene rings is 1. The highest BCUT2D eigenvalue weighted by Gasteiger charge is 2.30. The number of terminal acetylenes is 1. The Balaban J connectivity index is 2.13. The first kappa shape index (κ1) is 14.1. The molecule has 0 radical (unpaired) electrons. The van der Waals surface area contributed by atoms with E-state index in [0.29, 0.717) is 11.3 Å². The summed E-state index contributed by atoms with van der Waals surface area (Å²) in [7, 11) is -3.43. The van der Waals surface area contributed by atoms with E-state index in [9.17, 15) is 8.42 Å². The number of hydrogen-bond acceptors (Lipinski definition) is 2. The van der Waals surface area contributed by atoms with E-state index in [1.54, 1.807) is 12.1 Å². The molecule has 0 unspecified atom stereocenters. The lowest BCUT2D eigenvalue weighted by atomic mass is 10.0. The third-order valence-electron chi connectivity index (χ3n) is 3.68. The molecule has 3 nitrogen and oxygen atoms in total. The van der Waals surface area contributed by atoms with Crippen LogP contribution >= 0.6 is 0 Å². The Hall–Kier alpha value is -1.31. The molecule has 0 aliphatic heterocycles. The number of sulfonamides is 1. The molecule has 2 rings (SSSR count). The third kappa shape index (κ3) is 3.37. The molecule has 1 aromatic rings. The van der Waals surface area contributed by atoms with Gasteiger partial charge in [-0.1, -0.05) is 24.1 Å². The summed E-state index contributed by atoms with van der Waals surface area (Å²) in [5.74, 6) is 2.91. The fourth-order valence-electron chi connectivity index (χ4n) is 2.57. The zero-order valence-electron chi connectivity index (χ0n) is 11.1. The summed E-state index contributed by atoms with van der Waals surface area (Å²) >= 11 is 0. The van der Waals surface area contributed by atoms with Crippen LogP contribution in [0, 0.1) is 25.2 Å². The van der Waals surface area contributed by atoms with Crippen LogP contribution in [0.1, 0.15) is 31.2 Å². The Morgan fingerprint density at radius 3 is 2.63 bits per heavy atom. The molecule has 1 aliphatic carbocycles. The van der Waals surface area contributed by atoms with Crippen molar-refractivity contribution < 1.29 is 8.42 Å². The average molecular weight is 277 g/mol. The van der Waals surface area contributed by atoms with Gasteiger partial charge >= 0.3 is 0 Å².